The Labute approximate surface area is 162 Å². The van der Waals surface area contributed by atoms with Crippen molar-refractivity contribution < 1.29 is 37.0 Å². The number of anilines is 2. The van der Waals surface area contributed by atoms with Gasteiger partial charge in [0.15, 0.2) is 6.10 Å². The molecule has 1 atom stereocenters. The number of carbonyl (C=O) groups excluding carboxylic acids is 3. The van der Waals surface area contributed by atoms with Gasteiger partial charge >= 0.3 is 18.4 Å². The van der Waals surface area contributed by atoms with Crippen molar-refractivity contribution in [2.45, 2.75) is 19.4 Å². The quantitative estimate of drug-likeness (QED) is 0.631. The van der Waals surface area contributed by atoms with Crippen molar-refractivity contribution in [1.29, 1.82) is 0 Å². The minimum absolute atomic E-state index is 0.0737. The molecule has 29 heavy (non-hydrogen) atoms. The lowest BCUT2D eigenvalue weighted by atomic mass is 10.2. The van der Waals surface area contributed by atoms with E-state index in [9.17, 15) is 27.6 Å². The van der Waals surface area contributed by atoms with E-state index in [1.54, 1.807) is 0 Å². The van der Waals surface area contributed by atoms with E-state index in [2.05, 4.69) is 15.4 Å². The second kappa shape index (κ2) is 8.95. The Morgan fingerprint density at radius 3 is 2.24 bits per heavy atom. The average molecular weight is 411 g/mol. The Kier molecular flexibility index (Phi) is 6.65. The Hall–Kier alpha value is -3.76. The van der Waals surface area contributed by atoms with Crippen molar-refractivity contribution in [2.75, 3.05) is 10.6 Å². The topological polar surface area (TPSA) is 120 Å². The van der Waals surface area contributed by atoms with Crippen LogP contribution < -0.4 is 21.1 Å². The van der Waals surface area contributed by atoms with Crippen LogP contribution in [0.1, 0.15) is 17.3 Å². The van der Waals surface area contributed by atoms with Gasteiger partial charge in [0.05, 0.1) is 5.56 Å². The van der Waals surface area contributed by atoms with E-state index in [0.717, 1.165) is 12.1 Å². The first kappa shape index (κ1) is 21.5. The first-order chi connectivity index (χ1) is 13.5. The van der Waals surface area contributed by atoms with Crippen LogP contribution in [0.25, 0.3) is 0 Å². The van der Waals surface area contributed by atoms with E-state index in [1.165, 1.54) is 43.3 Å². The number of halogens is 3. The zero-order valence-electron chi connectivity index (χ0n) is 14.9. The summed E-state index contributed by atoms with van der Waals surface area (Å²) in [4.78, 5) is 35.1. The largest absolute Gasteiger partial charge is 0.573 e. The lowest BCUT2D eigenvalue weighted by Crippen LogP contribution is -2.30. The molecule has 0 fully saturated rings. The van der Waals surface area contributed by atoms with Crippen molar-refractivity contribution in [3.05, 3.63) is 54.1 Å². The standard InChI is InChI=1S/C18H16F3N3O5/c1-10(28-16(26)11-3-2-4-13(9-11)24-17(22)27)15(25)23-12-5-7-14(8-6-12)29-18(19,20)21/h2-10H,1H3,(H,23,25)(H3,22,24,27)/t10-/m1/s1. The molecule has 2 aromatic carbocycles. The van der Waals surface area contributed by atoms with Gasteiger partial charge in [-0.25, -0.2) is 9.59 Å². The van der Waals surface area contributed by atoms with Gasteiger partial charge in [-0.2, -0.15) is 0 Å². The summed E-state index contributed by atoms with van der Waals surface area (Å²) < 4.78 is 45.2. The van der Waals surface area contributed by atoms with Gasteiger partial charge < -0.3 is 25.8 Å². The number of alkyl halides is 3. The second-order valence-corrected chi connectivity index (χ2v) is 5.68. The number of carbonyl (C=O) groups is 3. The van der Waals surface area contributed by atoms with Gasteiger partial charge in [0.25, 0.3) is 5.91 Å². The van der Waals surface area contributed by atoms with E-state index < -0.39 is 36.1 Å². The number of hydrogen-bond acceptors (Lipinski definition) is 5. The Balaban J connectivity index is 1.95. The molecule has 4 N–H and O–H groups in total. The fraction of sp³-hybridized carbons (Fsp3) is 0.167. The van der Waals surface area contributed by atoms with Crippen molar-refractivity contribution in [3.63, 3.8) is 0 Å². The average Bonchev–Trinajstić information content (AvgIpc) is 2.61. The zero-order chi connectivity index (χ0) is 21.6. The van der Waals surface area contributed by atoms with Gasteiger partial charge in [-0.15, -0.1) is 13.2 Å². The molecule has 0 aromatic heterocycles. The molecule has 0 radical (unpaired) electrons. The van der Waals surface area contributed by atoms with E-state index in [4.69, 9.17) is 10.5 Å². The van der Waals surface area contributed by atoms with E-state index in [-0.39, 0.29) is 16.9 Å². The number of benzene rings is 2. The lowest BCUT2D eigenvalue weighted by molar-refractivity contribution is -0.274. The summed E-state index contributed by atoms with van der Waals surface area (Å²) in [6.07, 6.45) is -6.03. The summed E-state index contributed by atoms with van der Waals surface area (Å²) in [5.74, 6) is -1.97. The molecule has 3 amide bonds. The summed E-state index contributed by atoms with van der Waals surface area (Å²) in [7, 11) is 0. The zero-order valence-corrected chi connectivity index (χ0v) is 14.9. The van der Waals surface area contributed by atoms with Crippen LogP contribution in [-0.4, -0.2) is 30.4 Å². The van der Waals surface area contributed by atoms with Crippen LogP contribution in [-0.2, 0) is 9.53 Å². The highest BCUT2D eigenvalue weighted by atomic mass is 19.4. The third-order valence-electron chi connectivity index (χ3n) is 3.37. The van der Waals surface area contributed by atoms with Gasteiger partial charge in [-0.05, 0) is 49.4 Å². The molecule has 0 bridgehead atoms. The molecule has 0 saturated carbocycles. The normalized spacial score (nSPS) is 11.9. The fourth-order valence-electron chi connectivity index (χ4n) is 2.13. The predicted octanol–water partition coefficient (Wildman–Crippen LogP) is 3.26. The molecule has 0 spiro atoms. The number of nitrogens with one attached hydrogen (secondary N) is 2. The number of ether oxygens (including phenoxy) is 2. The first-order valence-corrected chi connectivity index (χ1v) is 8.07. The molecular formula is C18H16F3N3O5. The summed E-state index contributed by atoms with van der Waals surface area (Å²) in [5.41, 5.74) is 5.52. The number of amides is 3. The molecule has 0 saturated heterocycles. The molecule has 11 heteroatoms. The monoisotopic (exact) mass is 411 g/mol. The summed E-state index contributed by atoms with van der Waals surface area (Å²) in [5, 5.41) is 4.70. The number of rotatable bonds is 6. The van der Waals surface area contributed by atoms with E-state index >= 15 is 0 Å². The number of esters is 1. The van der Waals surface area contributed by atoms with Crippen molar-refractivity contribution in [2.24, 2.45) is 5.73 Å². The molecule has 0 heterocycles. The molecule has 154 valence electrons. The summed E-state index contributed by atoms with van der Waals surface area (Å²) >= 11 is 0. The van der Waals surface area contributed by atoms with Crippen LogP contribution in [0, 0.1) is 0 Å². The van der Waals surface area contributed by atoms with Gasteiger partial charge in [-0.1, -0.05) is 6.07 Å². The Bertz CT molecular complexity index is 900. The molecule has 0 unspecified atom stereocenters. The van der Waals surface area contributed by atoms with Gasteiger partial charge in [0.2, 0.25) is 0 Å². The smallest absolute Gasteiger partial charge is 0.449 e. The van der Waals surface area contributed by atoms with Crippen LogP contribution in [0.15, 0.2) is 48.5 Å². The molecular weight excluding hydrogens is 395 g/mol. The van der Waals surface area contributed by atoms with Crippen LogP contribution >= 0.6 is 0 Å². The minimum atomic E-state index is -4.82. The molecule has 2 aromatic rings. The molecule has 0 aliphatic heterocycles. The molecule has 0 aliphatic carbocycles. The highest BCUT2D eigenvalue weighted by Gasteiger charge is 2.31. The lowest BCUT2D eigenvalue weighted by Gasteiger charge is -2.14. The van der Waals surface area contributed by atoms with Crippen LogP contribution in [0.4, 0.5) is 29.3 Å². The number of hydrogen-bond donors (Lipinski definition) is 3. The van der Waals surface area contributed by atoms with Crippen LogP contribution in [0.2, 0.25) is 0 Å². The van der Waals surface area contributed by atoms with Gasteiger partial charge in [-0.3, -0.25) is 4.79 Å². The van der Waals surface area contributed by atoms with Crippen molar-refractivity contribution in [1.82, 2.24) is 0 Å². The predicted molar refractivity (Wildman–Crippen MR) is 96.3 cm³/mol. The van der Waals surface area contributed by atoms with E-state index in [0.29, 0.717) is 0 Å². The van der Waals surface area contributed by atoms with Gasteiger partial charge in [0, 0.05) is 11.4 Å². The maximum absolute atomic E-state index is 12.2. The van der Waals surface area contributed by atoms with Crippen LogP contribution in [0.3, 0.4) is 0 Å². The highest BCUT2D eigenvalue weighted by molar-refractivity contribution is 5.98. The summed E-state index contributed by atoms with van der Waals surface area (Å²) in [6, 6.07) is 9.36. The van der Waals surface area contributed by atoms with Crippen molar-refractivity contribution >= 4 is 29.3 Å². The fourth-order valence-corrected chi connectivity index (χ4v) is 2.13. The molecule has 0 aliphatic rings. The molecule has 2 rings (SSSR count). The number of nitrogens with two attached hydrogens (primary N) is 1. The number of primary amides is 1. The van der Waals surface area contributed by atoms with Crippen LogP contribution in [0.5, 0.6) is 5.75 Å². The van der Waals surface area contributed by atoms with E-state index in [1.807, 2.05) is 0 Å². The second-order valence-electron chi connectivity index (χ2n) is 5.68. The maximum atomic E-state index is 12.2. The highest BCUT2D eigenvalue weighted by Crippen LogP contribution is 2.24. The summed E-state index contributed by atoms with van der Waals surface area (Å²) in [6.45, 7) is 1.32. The SMILES string of the molecule is C[C@@H](OC(=O)c1cccc(NC(N)=O)c1)C(=O)Nc1ccc(OC(F)(F)F)cc1. The first-order valence-electron chi connectivity index (χ1n) is 8.07. The third kappa shape index (κ3) is 7.05. The van der Waals surface area contributed by atoms with Crippen molar-refractivity contribution in [3.8, 4) is 5.75 Å². The Morgan fingerprint density at radius 2 is 1.66 bits per heavy atom. The Morgan fingerprint density at radius 1 is 1.00 bits per heavy atom. The number of urea groups is 1. The maximum Gasteiger partial charge on any atom is 0.573 e. The minimum Gasteiger partial charge on any atom is -0.449 e. The molecule has 8 nitrogen and oxygen atoms in total. The third-order valence-corrected chi connectivity index (χ3v) is 3.37. The van der Waals surface area contributed by atoms with Gasteiger partial charge in [0.1, 0.15) is 5.75 Å².